The molecule has 7 heteroatoms. The van der Waals surface area contributed by atoms with Gasteiger partial charge in [-0.05, 0) is 50.0 Å². The van der Waals surface area contributed by atoms with Crippen LogP contribution in [-0.2, 0) is 16.6 Å². The topological polar surface area (TPSA) is 63.4 Å². The Balaban J connectivity index is 3.21. The molecule has 0 amide bonds. The number of hydrogen-bond donors (Lipinski definition) is 1. The van der Waals surface area contributed by atoms with Crippen molar-refractivity contribution >= 4 is 21.8 Å². The summed E-state index contributed by atoms with van der Waals surface area (Å²) < 4.78 is 40.6. The number of nitrogens with zero attached hydrogens (tertiary/aromatic N) is 1. The smallest absolute Gasteiger partial charge is 0.243 e. The Bertz CT molecular complexity index is 591. The third kappa shape index (κ3) is 4.18. The summed E-state index contributed by atoms with van der Waals surface area (Å²) in [5.41, 5.74) is 6.11. The molecular weight excluding hydrogens is 311 g/mol. The molecule has 0 bridgehead atoms. The summed E-state index contributed by atoms with van der Waals surface area (Å²) in [6.45, 7) is 3.43. The molecule has 0 aliphatic carbocycles. The third-order valence-corrected chi connectivity index (χ3v) is 6.35. The van der Waals surface area contributed by atoms with E-state index in [9.17, 15) is 12.8 Å². The van der Waals surface area contributed by atoms with E-state index in [2.05, 4.69) is 0 Å². The highest BCUT2D eigenvalue weighted by Gasteiger charge is 2.28. The fourth-order valence-corrected chi connectivity index (χ4v) is 4.21. The van der Waals surface area contributed by atoms with Crippen molar-refractivity contribution in [1.82, 2.24) is 4.31 Å². The molecule has 0 aromatic heterocycles. The van der Waals surface area contributed by atoms with E-state index >= 15 is 0 Å². The van der Waals surface area contributed by atoms with Gasteiger partial charge < -0.3 is 5.73 Å². The lowest BCUT2D eigenvalue weighted by atomic mass is 10.1. The van der Waals surface area contributed by atoms with Gasteiger partial charge in [0, 0.05) is 25.2 Å². The fraction of sp³-hybridized carbons (Fsp3) is 0.571. The Kier molecular flexibility index (Phi) is 6.65. The Labute approximate surface area is 131 Å². The van der Waals surface area contributed by atoms with Gasteiger partial charge in [0.25, 0.3) is 0 Å². The zero-order valence-corrected chi connectivity index (χ0v) is 14.5. The number of halogens is 1. The van der Waals surface area contributed by atoms with Crippen molar-refractivity contribution in [3.63, 3.8) is 0 Å². The second kappa shape index (κ2) is 7.58. The summed E-state index contributed by atoms with van der Waals surface area (Å²) in [4.78, 5) is 0.00134. The second-order valence-electron chi connectivity index (χ2n) is 5.06. The summed E-state index contributed by atoms with van der Waals surface area (Å²) in [6.07, 6.45) is 2.72. The van der Waals surface area contributed by atoms with Gasteiger partial charge in [0.2, 0.25) is 10.0 Å². The van der Waals surface area contributed by atoms with Gasteiger partial charge in [-0.3, -0.25) is 0 Å². The highest BCUT2D eigenvalue weighted by atomic mass is 32.2. The summed E-state index contributed by atoms with van der Waals surface area (Å²) in [5.74, 6) is 0.332. The number of thioether (sulfide) groups is 1. The van der Waals surface area contributed by atoms with E-state index in [0.29, 0.717) is 5.56 Å². The lowest BCUT2D eigenvalue weighted by Gasteiger charge is -2.25. The second-order valence-corrected chi connectivity index (χ2v) is 8.01. The van der Waals surface area contributed by atoms with Crippen LogP contribution in [0, 0.1) is 12.7 Å². The molecule has 0 aliphatic heterocycles. The first kappa shape index (κ1) is 18.4. The van der Waals surface area contributed by atoms with Crippen molar-refractivity contribution in [2.45, 2.75) is 37.8 Å². The van der Waals surface area contributed by atoms with Crippen molar-refractivity contribution in [3.05, 3.63) is 29.1 Å². The van der Waals surface area contributed by atoms with Crippen molar-refractivity contribution in [3.8, 4) is 0 Å². The Morgan fingerprint density at radius 2 is 2.05 bits per heavy atom. The average Bonchev–Trinajstić information content (AvgIpc) is 2.46. The molecule has 1 aromatic rings. The van der Waals surface area contributed by atoms with Crippen LogP contribution in [-0.4, -0.2) is 37.8 Å². The van der Waals surface area contributed by atoms with Gasteiger partial charge >= 0.3 is 0 Å². The Morgan fingerprint density at radius 3 is 2.57 bits per heavy atom. The van der Waals surface area contributed by atoms with E-state index in [1.165, 1.54) is 30.4 Å². The Morgan fingerprint density at radius 1 is 1.43 bits per heavy atom. The van der Waals surface area contributed by atoms with Crippen LogP contribution in [0.4, 0.5) is 4.39 Å². The predicted molar refractivity (Wildman–Crippen MR) is 86.4 cm³/mol. The van der Waals surface area contributed by atoms with Gasteiger partial charge in [0.15, 0.2) is 0 Å². The lowest BCUT2D eigenvalue weighted by Crippen LogP contribution is -2.36. The molecule has 0 saturated carbocycles. The van der Waals surface area contributed by atoms with E-state index in [1.54, 1.807) is 11.8 Å². The molecule has 1 atom stereocenters. The summed E-state index contributed by atoms with van der Waals surface area (Å²) in [6, 6.07) is 2.60. The number of benzene rings is 1. The van der Waals surface area contributed by atoms with Gasteiger partial charge in [0.05, 0.1) is 4.90 Å². The first-order valence-electron chi connectivity index (χ1n) is 6.71. The van der Waals surface area contributed by atoms with E-state index in [-0.39, 0.29) is 23.0 Å². The molecule has 0 aliphatic rings. The van der Waals surface area contributed by atoms with Crippen LogP contribution in [0.2, 0.25) is 0 Å². The fourth-order valence-electron chi connectivity index (χ4n) is 1.96. The van der Waals surface area contributed by atoms with Crippen molar-refractivity contribution in [1.29, 1.82) is 0 Å². The zero-order chi connectivity index (χ0) is 16.2. The maximum atomic E-state index is 13.9. The van der Waals surface area contributed by atoms with Crippen molar-refractivity contribution in [2.75, 3.05) is 19.1 Å². The van der Waals surface area contributed by atoms with Crippen LogP contribution >= 0.6 is 11.8 Å². The molecule has 1 aromatic carbocycles. The number of sulfonamides is 1. The largest absolute Gasteiger partial charge is 0.326 e. The van der Waals surface area contributed by atoms with Crippen LogP contribution < -0.4 is 5.73 Å². The first-order chi connectivity index (χ1) is 9.75. The molecule has 0 radical (unpaired) electrons. The van der Waals surface area contributed by atoms with Crippen LogP contribution in [0.3, 0.4) is 0 Å². The van der Waals surface area contributed by atoms with Gasteiger partial charge in [-0.2, -0.15) is 16.1 Å². The monoisotopic (exact) mass is 334 g/mol. The molecule has 0 saturated heterocycles. The molecule has 4 nitrogen and oxygen atoms in total. The molecule has 1 rings (SSSR count). The highest BCUT2D eigenvalue weighted by Crippen LogP contribution is 2.25. The minimum atomic E-state index is -3.73. The van der Waals surface area contributed by atoms with Crippen LogP contribution in [0.25, 0.3) is 0 Å². The minimum Gasteiger partial charge on any atom is -0.326 e. The van der Waals surface area contributed by atoms with Gasteiger partial charge in [-0.25, -0.2) is 12.8 Å². The quantitative estimate of drug-likeness (QED) is 0.831. The van der Waals surface area contributed by atoms with Crippen LogP contribution in [0.5, 0.6) is 0 Å². The first-order valence-corrected chi connectivity index (χ1v) is 9.55. The molecule has 1 unspecified atom stereocenters. The maximum Gasteiger partial charge on any atom is 0.243 e. The average molecular weight is 334 g/mol. The number of nitrogens with two attached hydrogens (primary N) is 1. The predicted octanol–water partition coefficient (Wildman–Crippen LogP) is 2.35. The van der Waals surface area contributed by atoms with Crippen LogP contribution in [0.15, 0.2) is 17.0 Å². The maximum absolute atomic E-state index is 13.9. The summed E-state index contributed by atoms with van der Waals surface area (Å²) in [5, 5.41) is 0. The molecular formula is C14H23FN2O2S2. The normalized spacial score (nSPS) is 13.7. The molecule has 0 spiro atoms. The minimum absolute atomic E-state index is 0.00134. The SMILES string of the molecule is CSCCC(C)N(C)S(=O)(=O)c1cc(CN)cc(F)c1C. The molecule has 2 N–H and O–H groups in total. The van der Waals surface area contributed by atoms with E-state index in [1.807, 2.05) is 13.2 Å². The van der Waals surface area contributed by atoms with Crippen molar-refractivity contribution in [2.24, 2.45) is 5.73 Å². The molecule has 120 valence electrons. The number of hydrogen-bond acceptors (Lipinski definition) is 4. The standard InChI is InChI=1S/C14H23FN2O2S2/c1-10(5-6-20-4)17(3)21(18,19)14-8-12(9-16)7-13(15)11(14)2/h7-8,10H,5-6,9,16H2,1-4H3. The van der Waals surface area contributed by atoms with E-state index in [0.717, 1.165) is 12.2 Å². The van der Waals surface area contributed by atoms with E-state index < -0.39 is 15.8 Å². The Hall–Kier alpha value is -0.630. The van der Waals surface area contributed by atoms with Gasteiger partial charge in [0.1, 0.15) is 5.82 Å². The van der Waals surface area contributed by atoms with Gasteiger partial charge in [-0.1, -0.05) is 0 Å². The number of rotatable bonds is 7. The lowest BCUT2D eigenvalue weighted by molar-refractivity contribution is 0.382. The van der Waals surface area contributed by atoms with Gasteiger partial charge in [-0.15, -0.1) is 0 Å². The van der Waals surface area contributed by atoms with Crippen LogP contribution in [0.1, 0.15) is 24.5 Å². The highest BCUT2D eigenvalue weighted by molar-refractivity contribution is 7.98. The van der Waals surface area contributed by atoms with E-state index in [4.69, 9.17) is 5.73 Å². The molecule has 0 heterocycles. The summed E-state index contributed by atoms with van der Waals surface area (Å²) in [7, 11) is -2.19. The summed E-state index contributed by atoms with van der Waals surface area (Å²) >= 11 is 1.67. The molecule has 21 heavy (non-hydrogen) atoms. The zero-order valence-electron chi connectivity index (χ0n) is 12.9. The van der Waals surface area contributed by atoms with Crippen molar-refractivity contribution < 1.29 is 12.8 Å². The molecule has 0 fully saturated rings. The third-order valence-electron chi connectivity index (χ3n) is 3.61.